The Balaban J connectivity index is 2.02. The Labute approximate surface area is 100 Å². The predicted octanol–water partition coefficient (Wildman–Crippen LogP) is 1.83. The Hall–Kier alpha value is -2.17. The maximum atomic E-state index is 4.32. The van der Waals surface area contributed by atoms with E-state index in [1.807, 2.05) is 26.1 Å². The average molecular weight is 229 g/mol. The summed E-state index contributed by atoms with van der Waals surface area (Å²) in [5.41, 5.74) is 2.91. The van der Waals surface area contributed by atoms with Crippen LogP contribution in [0.4, 0.5) is 11.4 Å². The summed E-state index contributed by atoms with van der Waals surface area (Å²) in [5, 5.41) is 6.32. The number of rotatable bonds is 4. The molecule has 0 aromatic carbocycles. The van der Waals surface area contributed by atoms with E-state index in [0.717, 1.165) is 22.9 Å². The predicted molar refractivity (Wildman–Crippen MR) is 67.9 cm³/mol. The van der Waals surface area contributed by atoms with E-state index in [4.69, 9.17) is 0 Å². The van der Waals surface area contributed by atoms with Gasteiger partial charge in [0.2, 0.25) is 0 Å². The van der Waals surface area contributed by atoms with Crippen LogP contribution in [0, 0.1) is 6.92 Å². The summed E-state index contributed by atoms with van der Waals surface area (Å²) in [7, 11) is 1.87. The summed E-state index contributed by atoms with van der Waals surface area (Å²) in [5.74, 6) is 0.784. The average Bonchev–Trinajstić information content (AvgIpc) is 2.37. The van der Waals surface area contributed by atoms with Gasteiger partial charge >= 0.3 is 0 Å². The maximum absolute atomic E-state index is 4.32. The normalized spacial score (nSPS) is 10.0. The van der Waals surface area contributed by atoms with Crippen LogP contribution in [0.2, 0.25) is 0 Å². The molecule has 0 radical (unpaired) electrons. The van der Waals surface area contributed by atoms with Gasteiger partial charge in [-0.1, -0.05) is 0 Å². The lowest BCUT2D eigenvalue weighted by Gasteiger charge is -2.07. The van der Waals surface area contributed by atoms with Crippen LogP contribution in [-0.4, -0.2) is 22.0 Å². The van der Waals surface area contributed by atoms with Gasteiger partial charge in [0.1, 0.15) is 5.82 Å². The quantitative estimate of drug-likeness (QED) is 0.837. The van der Waals surface area contributed by atoms with Gasteiger partial charge in [0.15, 0.2) is 0 Å². The molecular weight excluding hydrogens is 214 g/mol. The van der Waals surface area contributed by atoms with Crippen LogP contribution in [-0.2, 0) is 6.54 Å². The van der Waals surface area contributed by atoms with E-state index in [0.29, 0.717) is 6.54 Å². The van der Waals surface area contributed by atoms with Gasteiger partial charge in [-0.2, -0.15) is 0 Å². The summed E-state index contributed by atoms with van der Waals surface area (Å²) in [4.78, 5) is 12.5. The summed E-state index contributed by atoms with van der Waals surface area (Å²) in [6.45, 7) is 2.55. The van der Waals surface area contributed by atoms with Crippen molar-refractivity contribution in [2.45, 2.75) is 13.5 Å². The van der Waals surface area contributed by atoms with Crippen LogP contribution >= 0.6 is 0 Å². The standard InChI is InChI=1S/C12H15N5/c1-9-15-4-3-10(17-9)8-16-12-5-11(13-2)6-14-7-12/h3-7,13,16H,8H2,1-2H3. The van der Waals surface area contributed by atoms with Crippen molar-refractivity contribution in [1.82, 2.24) is 15.0 Å². The Morgan fingerprint density at radius 1 is 1.24 bits per heavy atom. The van der Waals surface area contributed by atoms with Crippen LogP contribution in [0.15, 0.2) is 30.7 Å². The zero-order valence-corrected chi connectivity index (χ0v) is 9.94. The number of pyridine rings is 1. The van der Waals surface area contributed by atoms with Crippen LogP contribution < -0.4 is 10.6 Å². The van der Waals surface area contributed by atoms with E-state index in [9.17, 15) is 0 Å². The van der Waals surface area contributed by atoms with Crippen molar-refractivity contribution in [3.05, 3.63) is 42.2 Å². The number of anilines is 2. The second kappa shape index (κ2) is 5.25. The largest absolute Gasteiger partial charge is 0.387 e. The van der Waals surface area contributed by atoms with Gasteiger partial charge < -0.3 is 10.6 Å². The molecule has 88 valence electrons. The molecule has 0 aliphatic carbocycles. The lowest BCUT2D eigenvalue weighted by molar-refractivity contribution is 0.954. The minimum Gasteiger partial charge on any atom is -0.387 e. The van der Waals surface area contributed by atoms with E-state index in [1.165, 1.54) is 0 Å². The lowest BCUT2D eigenvalue weighted by Crippen LogP contribution is -2.03. The smallest absolute Gasteiger partial charge is 0.125 e. The molecule has 5 heteroatoms. The second-order valence-electron chi connectivity index (χ2n) is 3.66. The van der Waals surface area contributed by atoms with E-state index >= 15 is 0 Å². The first-order valence-electron chi connectivity index (χ1n) is 5.43. The third kappa shape index (κ3) is 3.14. The van der Waals surface area contributed by atoms with E-state index in [1.54, 1.807) is 18.6 Å². The second-order valence-corrected chi connectivity index (χ2v) is 3.66. The van der Waals surface area contributed by atoms with E-state index in [2.05, 4.69) is 25.6 Å². The lowest BCUT2D eigenvalue weighted by atomic mass is 10.3. The molecule has 2 rings (SSSR count). The SMILES string of the molecule is CNc1cncc(NCc2ccnc(C)n2)c1. The minimum absolute atomic E-state index is 0.665. The topological polar surface area (TPSA) is 62.7 Å². The van der Waals surface area contributed by atoms with Crippen molar-refractivity contribution >= 4 is 11.4 Å². The Morgan fingerprint density at radius 3 is 2.82 bits per heavy atom. The Kier molecular flexibility index (Phi) is 3.49. The molecule has 0 bridgehead atoms. The summed E-state index contributed by atoms with van der Waals surface area (Å²) in [6.07, 6.45) is 5.33. The first-order valence-corrected chi connectivity index (χ1v) is 5.43. The van der Waals surface area contributed by atoms with Gasteiger partial charge in [-0.25, -0.2) is 9.97 Å². The minimum atomic E-state index is 0.665. The molecule has 2 heterocycles. The number of aryl methyl sites for hydroxylation is 1. The third-order valence-electron chi connectivity index (χ3n) is 2.33. The van der Waals surface area contributed by atoms with Gasteiger partial charge in [0, 0.05) is 13.2 Å². The first-order chi connectivity index (χ1) is 8.28. The number of hydrogen-bond donors (Lipinski definition) is 2. The molecule has 0 saturated heterocycles. The molecule has 5 nitrogen and oxygen atoms in total. The van der Waals surface area contributed by atoms with Crippen LogP contribution in [0.5, 0.6) is 0 Å². The van der Waals surface area contributed by atoms with E-state index < -0.39 is 0 Å². The first kappa shape index (κ1) is 11.3. The zero-order valence-electron chi connectivity index (χ0n) is 9.94. The molecule has 2 aromatic heterocycles. The molecular formula is C12H15N5. The van der Waals surface area contributed by atoms with Crippen molar-refractivity contribution in [3.63, 3.8) is 0 Å². The van der Waals surface area contributed by atoms with Crippen molar-refractivity contribution in [1.29, 1.82) is 0 Å². The van der Waals surface area contributed by atoms with E-state index in [-0.39, 0.29) is 0 Å². The van der Waals surface area contributed by atoms with Crippen molar-refractivity contribution in [2.24, 2.45) is 0 Å². The number of nitrogens with zero attached hydrogens (tertiary/aromatic N) is 3. The highest BCUT2D eigenvalue weighted by Crippen LogP contribution is 2.12. The summed E-state index contributed by atoms with van der Waals surface area (Å²) >= 11 is 0. The molecule has 0 aliphatic rings. The van der Waals surface area contributed by atoms with Gasteiger partial charge in [-0.15, -0.1) is 0 Å². The molecule has 0 amide bonds. The molecule has 0 unspecified atom stereocenters. The van der Waals surface area contributed by atoms with Gasteiger partial charge in [0.05, 0.1) is 36.0 Å². The van der Waals surface area contributed by atoms with Crippen LogP contribution in [0.25, 0.3) is 0 Å². The molecule has 0 spiro atoms. The molecule has 0 fully saturated rings. The van der Waals surface area contributed by atoms with Gasteiger partial charge in [-0.05, 0) is 19.1 Å². The summed E-state index contributed by atoms with van der Waals surface area (Å²) < 4.78 is 0. The van der Waals surface area contributed by atoms with Gasteiger partial charge in [-0.3, -0.25) is 4.98 Å². The monoisotopic (exact) mass is 229 g/mol. The van der Waals surface area contributed by atoms with Crippen molar-refractivity contribution in [2.75, 3.05) is 17.7 Å². The Bertz CT molecular complexity index is 498. The maximum Gasteiger partial charge on any atom is 0.125 e. The zero-order chi connectivity index (χ0) is 12.1. The highest BCUT2D eigenvalue weighted by molar-refractivity contribution is 5.53. The van der Waals surface area contributed by atoms with Crippen molar-refractivity contribution in [3.8, 4) is 0 Å². The molecule has 2 aromatic rings. The van der Waals surface area contributed by atoms with Gasteiger partial charge in [0.25, 0.3) is 0 Å². The molecule has 0 aliphatic heterocycles. The molecule has 17 heavy (non-hydrogen) atoms. The third-order valence-corrected chi connectivity index (χ3v) is 2.33. The molecule has 2 N–H and O–H groups in total. The van der Waals surface area contributed by atoms with Crippen molar-refractivity contribution < 1.29 is 0 Å². The van der Waals surface area contributed by atoms with Crippen LogP contribution in [0.3, 0.4) is 0 Å². The number of nitrogens with one attached hydrogen (secondary N) is 2. The Morgan fingerprint density at radius 2 is 2.06 bits per heavy atom. The van der Waals surface area contributed by atoms with Crippen LogP contribution in [0.1, 0.15) is 11.5 Å². The molecule has 0 atom stereocenters. The fourth-order valence-corrected chi connectivity index (χ4v) is 1.47. The summed E-state index contributed by atoms with van der Waals surface area (Å²) in [6, 6.07) is 3.90. The number of hydrogen-bond acceptors (Lipinski definition) is 5. The number of aromatic nitrogens is 3. The highest BCUT2D eigenvalue weighted by Gasteiger charge is 1.97. The fraction of sp³-hybridized carbons (Fsp3) is 0.250. The fourth-order valence-electron chi connectivity index (χ4n) is 1.47. The molecule has 0 saturated carbocycles. The highest BCUT2D eigenvalue weighted by atomic mass is 14.9.